The zero-order valence-electron chi connectivity index (χ0n) is 10.9. The molecule has 0 N–H and O–H groups in total. The van der Waals surface area contributed by atoms with Crippen LogP contribution in [0.5, 0.6) is 5.75 Å². The second-order valence-electron chi connectivity index (χ2n) is 4.56. The van der Waals surface area contributed by atoms with E-state index >= 15 is 0 Å². The van der Waals surface area contributed by atoms with E-state index in [2.05, 4.69) is 48.6 Å². The molecule has 0 heterocycles. The summed E-state index contributed by atoms with van der Waals surface area (Å²) >= 11 is 0. The molecular formula is C17H20O. The number of methoxy groups -OCH3 is 1. The Morgan fingerprint density at radius 1 is 1.11 bits per heavy atom. The molecule has 0 saturated carbocycles. The van der Waals surface area contributed by atoms with Crippen LogP contribution in [0.15, 0.2) is 54.6 Å². The summed E-state index contributed by atoms with van der Waals surface area (Å²) < 4.78 is 5.13. The van der Waals surface area contributed by atoms with E-state index in [4.69, 9.17) is 4.74 Å². The van der Waals surface area contributed by atoms with E-state index in [1.165, 1.54) is 24.8 Å². The molecule has 0 radical (unpaired) electrons. The highest BCUT2D eigenvalue weighted by molar-refractivity contribution is 5.52. The predicted octanol–water partition coefficient (Wildman–Crippen LogP) is 4.62. The summed E-state index contributed by atoms with van der Waals surface area (Å²) in [5, 5.41) is 0. The minimum Gasteiger partial charge on any atom is -0.497 e. The monoisotopic (exact) mass is 240 g/mol. The fraction of sp³-hybridized carbons (Fsp3) is 0.294. The Balaban J connectivity index is 1.86. The van der Waals surface area contributed by atoms with E-state index in [9.17, 15) is 0 Å². The van der Waals surface area contributed by atoms with Crippen LogP contribution in [0, 0.1) is 5.92 Å². The third kappa shape index (κ3) is 3.92. The van der Waals surface area contributed by atoms with Gasteiger partial charge < -0.3 is 4.74 Å². The van der Waals surface area contributed by atoms with Crippen molar-refractivity contribution >= 4 is 6.08 Å². The summed E-state index contributed by atoms with van der Waals surface area (Å²) in [6.07, 6.45) is 16.9. The Morgan fingerprint density at radius 2 is 1.94 bits per heavy atom. The van der Waals surface area contributed by atoms with Gasteiger partial charge in [0.1, 0.15) is 5.75 Å². The number of ether oxygens (including phenoxy) is 1. The second kappa shape index (κ2) is 6.85. The van der Waals surface area contributed by atoms with Gasteiger partial charge in [-0.3, -0.25) is 0 Å². The van der Waals surface area contributed by atoms with E-state index in [0.29, 0.717) is 0 Å². The standard InChI is InChI=1S/C17H20O/c1-18-17-13-11-16(12-14-17)10-6-5-9-15-7-3-2-4-8-15/h2-3,5-6,9-15H,4,7-8H2,1H3/b9-5+,10-6+. The highest BCUT2D eigenvalue weighted by atomic mass is 16.5. The van der Waals surface area contributed by atoms with Crippen LogP contribution in [0.1, 0.15) is 24.8 Å². The Labute approximate surface area is 109 Å². The first-order valence-electron chi connectivity index (χ1n) is 6.52. The van der Waals surface area contributed by atoms with Crippen molar-refractivity contribution in [3.05, 3.63) is 60.2 Å². The first kappa shape index (κ1) is 12.7. The molecule has 1 unspecified atom stereocenters. The van der Waals surface area contributed by atoms with Crippen molar-refractivity contribution < 1.29 is 4.74 Å². The molecule has 0 spiro atoms. The zero-order chi connectivity index (χ0) is 12.6. The van der Waals surface area contributed by atoms with E-state index < -0.39 is 0 Å². The Morgan fingerprint density at radius 3 is 2.61 bits per heavy atom. The zero-order valence-corrected chi connectivity index (χ0v) is 10.9. The fourth-order valence-corrected chi connectivity index (χ4v) is 2.09. The normalized spacial score (nSPS) is 19.7. The second-order valence-corrected chi connectivity index (χ2v) is 4.56. The molecule has 0 amide bonds. The van der Waals surface area contributed by atoms with Crippen LogP contribution in [0.2, 0.25) is 0 Å². The topological polar surface area (TPSA) is 9.23 Å². The molecule has 0 saturated heterocycles. The molecule has 1 aromatic carbocycles. The van der Waals surface area contributed by atoms with Crippen LogP contribution < -0.4 is 4.74 Å². The Bertz CT molecular complexity index is 437. The van der Waals surface area contributed by atoms with Crippen molar-refractivity contribution in [3.8, 4) is 5.75 Å². The lowest BCUT2D eigenvalue weighted by molar-refractivity contribution is 0.415. The van der Waals surface area contributed by atoms with Gasteiger partial charge in [-0.1, -0.05) is 48.6 Å². The third-order valence-electron chi connectivity index (χ3n) is 3.21. The van der Waals surface area contributed by atoms with Gasteiger partial charge in [-0.25, -0.2) is 0 Å². The number of rotatable bonds is 4. The molecule has 1 aromatic rings. The molecule has 1 aliphatic carbocycles. The molecule has 2 rings (SSSR count). The molecule has 0 aliphatic heterocycles. The van der Waals surface area contributed by atoms with Gasteiger partial charge in [-0.2, -0.15) is 0 Å². The van der Waals surface area contributed by atoms with Crippen molar-refractivity contribution in [3.63, 3.8) is 0 Å². The summed E-state index contributed by atoms with van der Waals surface area (Å²) in [7, 11) is 1.69. The number of allylic oxidation sites excluding steroid dienone is 5. The van der Waals surface area contributed by atoms with Crippen LogP contribution in [-0.2, 0) is 0 Å². The first-order valence-corrected chi connectivity index (χ1v) is 6.52. The van der Waals surface area contributed by atoms with Gasteiger partial charge in [0.2, 0.25) is 0 Å². The molecular weight excluding hydrogens is 220 g/mol. The first-order chi connectivity index (χ1) is 8.88. The van der Waals surface area contributed by atoms with Crippen molar-refractivity contribution in [2.45, 2.75) is 19.3 Å². The summed E-state index contributed by atoms with van der Waals surface area (Å²) in [4.78, 5) is 0. The minimum atomic E-state index is 0.718. The summed E-state index contributed by atoms with van der Waals surface area (Å²) in [6.45, 7) is 0. The van der Waals surface area contributed by atoms with E-state index in [0.717, 1.165) is 11.7 Å². The van der Waals surface area contributed by atoms with Crippen molar-refractivity contribution in [2.75, 3.05) is 7.11 Å². The maximum atomic E-state index is 5.13. The molecule has 94 valence electrons. The molecule has 1 heteroatoms. The maximum absolute atomic E-state index is 5.13. The van der Waals surface area contributed by atoms with Crippen LogP contribution in [-0.4, -0.2) is 7.11 Å². The van der Waals surface area contributed by atoms with Crippen molar-refractivity contribution in [1.29, 1.82) is 0 Å². The lowest BCUT2D eigenvalue weighted by Crippen LogP contribution is -1.97. The van der Waals surface area contributed by atoms with Gasteiger partial charge in [0.25, 0.3) is 0 Å². The van der Waals surface area contributed by atoms with Gasteiger partial charge in [0.05, 0.1) is 7.11 Å². The van der Waals surface area contributed by atoms with Crippen LogP contribution in [0.3, 0.4) is 0 Å². The van der Waals surface area contributed by atoms with Crippen molar-refractivity contribution in [1.82, 2.24) is 0 Å². The third-order valence-corrected chi connectivity index (χ3v) is 3.21. The highest BCUT2D eigenvalue weighted by Gasteiger charge is 2.04. The minimum absolute atomic E-state index is 0.718. The SMILES string of the molecule is COc1ccc(/C=C/C=C/C2CC=CCC2)cc1. The number of hydrogen-bond acceptors (Lipinski definition) is 1. The molecule has 18 heavy (non-hydrogen) atoms. The smallest absolute Gasteiger partial charge is 0.118 e. The van der Waals surface area contributed by atoms with E-state index in [1.807, 2.05) is 12.1 Å². The highest BCUT2D eigenvalue weighted by Crippen LogP contribution is 2.19. The quantitative estimate of drug-likeness (QED) is 0.551. The molecule has 1 nitrogen and oxygen atoms in total. The molecule has 0 aromatic heterocycles. The summed E-state index contributed by atoms with van der Waals surface area (Å²) in [6, 6.07) is 8.09. The molecule has 1 aliphatic rings. The van der Waals surface area contributed by atoms with Crippen LogP contribution >= 0.6 is 0 Å². The van der Waals surface area contributed by atoms with Crippen LogP contribution in [0.4, 0.5) is 0 Å². The maximum Gasteiger partial charge on any atom is 0.118 e. The van der Waals surface area contributed by atoms with Crippen molar-refractivity contribution in [2.24, 2.45) is 5.92 Å². The largest absolute Gasteiger partial charge is 0.497 e. The lowest BCUT2D eigenvalue weighted by Gasteiger charge is -2.12. The van der Waals surface area contributed by atoms with Gasteiger partial charge in [-0.15, -0.1) is 0 Å². The number of hydrogen-bond donors (Lipinski definition) is 0. The molecule has 0 bridgehead atoms. The molecule has 1 atom stereocenters. The predicted molar refractivity (Wildman–Crippen MR) is 77.6 cm³/mol. The molecule has 0 fully saturated rings. The lowest BCUT2D eigenvalue weighted by atomic mass is 9.94. The van der Waals surface area contributed by atoms with Gasteiger partial charge in [0.15, 0.2) is 0 Å². The van der Waals surface area contributed by atoms with Gasteiger partial charge >= 0.3 is 0 Å². The average Bonchev–Trinajstić information content (AvgIpc) is 2.45. The average molecular weight is 240 g/mol. The van der Waals surface area contributed by atoms with E-state index in [-0.39, 0.29) is 0 Å². The summed E-state index contributed by atoms with van der Waals surface area (Å²) in [5.74, 6) is 1.62. The summed E-state index contributed by atoms with van der Waals surface area (Å²) in [5.41, 5.74) is 1.20. The van der Waals surface area contributed by atoms with E-state index in [1.54, 1.807) is 7.11 Å². The Hall–Kier alpha value is -1.76. The number of benzene rings is 1. The fourth-order valence-electron chi connectivity index (χ4n) is 2.09. The Kier molecular flexibility index (Phi) is 4.83. The van der Waals surface area contributed by atoms with Gasteiger partial charge in [-0.05, 0) is 42.9 Å². The van der Waals surface area contributed by atoms with Gasteiger partial charge in [0, 0.05) is 0 Å². The van der Waals surface area contributed by atoms with Crippen LogP contribution in [0.25, 0.3) is 6.08 Å².